The fourth-order valence-corrected chi connectivity index (χ4v) is 7.31. The monoisotopic (exact) mass is 609 g/mol. The van der Waals surface area contributed by atoms with Crippen molar-refractivity contribution in [3.8, 4) is 17.0 Å². The molecule has 1 unspecified atom stereocenters. The molecule has 1 aliphatic heterocycles. The quantitative estimate of drug-likeness (QED) is 0.310. The van der Waals surface area contributed by atoms with Crippen LogP contribution in [0.5, 0.6) is 5.75 Å². The minimum absolute atomic E-state index is 0.0526. The number of rotatable bonds is 7. The number of carboxylic acids is 1. The maximum atomic E-state index is 13.0. The number of carboxylic acid groups (broad SMARTS) is 1. The van der Waals surface area contributed by atoms with Gasteiger partial charge in [-0.1, -0.05) is 19.3 Å². The molecular weight excluding hydrogens is 566 g/mol. The molecule has 2 aromatic heterocycles. The molecule has 3 heterocycles. The molecule has 232 valence electrons. The molecule has 1 N–H and O–H groups in total. The Balaban J connectivity index is 1.47. The molecule has 1 atom stereocenters. The lowest BCUT2D eigenvalue weighted by molar-refractivity contribution is -0.129. The smallest absolute Gasteiger partial charge is 0.410 e. The molecule has 0 bridgehead atoms. The minimum atomic E-state index is -0.947. The number of aromatic nitrogens is 1. The Hall–Kier alpha value is -3.53. The first-order chi connectivity index (χ1) is 20.4. The second-order valence-electron chi connectivity index (χ2n) is 12.9. The minimum Gasteiger partial charge on any atom is -0.489 e. The summed E-state index contributed by atoms with van der Waals surface area (Å²) in [6.45, 7) is 6.85. The van der Waals surface area contributed by atoms with Gasteiger partial charge in [0.25, 0.3) is 0 Å². The molecule has 0 spiro atoms. The summed E-state index contributed by atoms with van der Waals surface area (Å²) in [6.07, 6.45) is 6.82. The van der Waals surface area contributed by atoms with E-state index < -0.39 is 11.6 Å². The van der Waals surface area contributed by atoms with Crippen molar-refractivity contribution in [1.29, 1.82) is 0 Å². The van der Waals surface area contributed by atoms with Crippen molar-refractivity contribution < 1.29 is 29.0 Å². The predicted octanol–water partition coefficient (Wildman–Crippen LogP) is 6.98. The van der Waals surface area contributed by atoms with Gasteiger partial charge in [-0.2, -0.15) is 0 Å². The second-order valence-corrected chi connectivity index (χ2v) is 14.0. The first-order valence-electron chi connectivity index (χ1n) is 15.3. The van der Waals surface area contributed by atoms with Crippen molar-refractivity contribution in [2.75, 3.05) is 27.2 Å². The van der Waals surface area contributed by atoms with Crippen molar-refractivity contribution in [3.05, 3.63) is 40.8 Å². The van der Waals surface area contributed by atoms with Gasteiger partial charge in [0.1, 0.15) is 28.9 Å². The highest BCUT2D eigenvalue weighted by Crippen LogP contribution is 2.47. The second kappa shape index (κ2) is 12.6. The van der Waals surface area contributed by atoms with E-state index in [-0.39, 0.29) is 29.5 Å². The zero-order valence-corrected chi connectivity index (χ0v) is 26.7. The predicted molar refractivity (Wildman–Crippen MR) is 168 cm³/mol. The van der Waals surface area contributed by atoms with E-state index >= 15 is 0 Å². The zero-order chi connectivity index (χ0) is 30.9. The van der Waals surface area contributed by atoms with Crippen LogP contribution in [0.25, 0.3) is 21.5 Å². The van der Waals surface area contributed by atoms with Crippen LogP contribution in [0.15, 0.2) is 30.3 Å². The van der Waals surface area contributed by atoms with Gasteiger partial charge in [-0.25, -0.2) is 9.59 Å². The molecule has 1 aromatic carbocycles. The number of hydrogen-bond donors (Lipinski definition) is 1. The highest BCUT2D eigenvalue weighted by Gasteiger charge is 2.31. The first kappa shape index (κ1) is 30.9. The number of thiophene rings is 1. The van der Waals surface area contributed by atoms with Crippen molar-refractivity contribution in [1.82, 2.24) is 14.4 Å². The fraction of sp³-hybridized carbons (Fsp3) is 0.545. The van der Waals surface area contributed by atoms with E-state index in [4.69, 9.17) is 9.47 Å². The number of nitrogens with zero attached hydrogens (tertiary/aromatic N) is 3. The van der Waals surface area contributed by atoms with Crippen molar-refractivity contribution in [3.63, 3.8) is 0 Å². The highest BCUT2D eigenvalue weighted by molar-refractivity contribution is 7.21. The standard InChI is InChI=1S/C33H43N3O6S/c1-33(2,3)42-32(40)35-17-9-12-24(19-35)41-23-15-13-22(14-16-23)29-28(21-10-7-6-8-11-21)30-25(18-26(43-30)31(38)39)36(29)20-27(37)34(4)5/h13-16,18,21,24H,6-12,17,19-20H2,1-5H3,(H,38,39). The number of aromatic carboxylic acids is 1. The Kier molecular flexibility index (Phi) is 9.06. The fourth-order valence-electron chi connectivity index (χ4n) is 6.19. The molecule has 10 heteroatoms. The van der Waals surface area contributed by atoms with Gasteiger partial charge in [-0.15, -0.1) is 11.3 Å². The van der Waals surface area contributed by atoms with Gasteiger partial charge < -0.3 is 28.9 Å². The maximum absolute atomic E-state index is 13.0. The van der Waals surface area contributed by atoms with Crippen LogP contribution in [0, 0.1) is 0 Å². The summed E-state index contributed by atoms with van der Waals surface area (Å²) in [5.41, 5.74) is 3.38. The molecule has 0 radical (unpaired) electrons. The van der Waals surface area contributed by atoms with E-state index in [0.717, 1.165) is 71.3 Å². The van der Waals surface area contributed by atoms with Crippen LogP contribution in [0.3, 0.4) is 0 Å². The van der Waals surface area contributed by atoms with E-state index in [0.29, 0.717) is 19.0 Å². The Morgan fingerprint density at radius 2 is 1.72 bits per heavy atom. The molecule has 9 nitrogen and oxygen atoms in total. The van der Waals surface area contributed by atoms with Crippen LogP contribution in [-0.2, 0) is 16.1 Å². The third kappa shape index (κ3) is 7.00. The molecule has 43 heavy (non-hydrogen) atoms. The molecule has 2 fully saturated rings. The topological polar surface area (TPSA) is 101 Å². The summed E-state index contributed by atoms with van der Waals surface area (Å²) in [7, 11) is 3.48. The molecule has 1 aliphatic carbocycles. The number of piperidine rings is 1. The van der Waals surface area contributed by atoms with Gasteiger partial charge in [-0.05, 0) is 93.8 Å². The lowest BCUT2D eigenvalue weighted by Crippen LogP contribution is -2.46. The first-order valence-corrected chi connectivity index (χ1v) is 16.1. The summed E-state index contributed by atoms with van der Waals surface area (Å²) in [5, 5.41) is 9.80. The normalized spacial score (nSPS) is 18.1. The van der Waals surface area contributed by atoms with Crippen LogP contribution in [0.4, 0.5) is 4.79 Å². The Bertz CT molecular complexity index is 1480. The number of hydrogen-bond acceptors (Lipinski definition) is 6. The van der Waals surface area contributed by atoms with Crippen molar-refractivity contribution >= 4 is 39.5 Å². The SMILES string of the molecule is CN(C)C(=O)Cn1c(-c2ccc(OC3CCCN(C(=O)OC(C)(C)C)C3)cc2)c(C2CCCCC2)c2sc(C(=O)O)cc21. The summed E-state index contributed by atoms with van der Waals surface area (Å²) in [5.74, 6) is 0.0243. The summed E-state index contributed by atoms with van der Waals surface area (Å²) in [4.78, 5) is 41.2. The van der Waals surface area contributed by atoms with Gasteiger partial charge in [0, 0.05) is 20.6 Å². The largest absolute Gasteiger partial charge is 0.489 e. The number of benzene rings is 1. The van der Waals surface area contributed by atoms with Crippen LogP contribution < -0.4 is 4.74 Å². The highest BCUT2D eigenvalue weighted by atomic mass is 32.1. The van der Waals surface area contributed by atoms with Gasteiger partial charge >= 0.3 is 12.1 Å². The van der Waals surface area contributed by atoms with Gasteiger partial charge in [-0.3, -0.25) is 4.79 Å². The third-order valence-corrected chi connectivity index (χ3v) is 9.40. The summed E-state index contributed by atoms with van der Waals surface area (Å²) >= 11 is 1.31. The van der Waals surface area contributed by atoms with Crippen molar-refractivity contribution in [2.24, 2.45) is 0 Å². The number of fused-ring (bicyclic) bond motifs is 1. The Morgan fingerprint density at radius 1 is 1.02 bits per heavy atom. The summed E-state index contributed by atoms with van der Waals surface area (Å²) in [6, 6.07) is 9.69. The van der Waals surface area contributed by atoms with Crippen LogP contribution >= 0.6 is 11.3 Å². The third-order valence-electron chi connectivity index (χ3n) is 8.25. The van der Waals surface area contributed by atoms with E-state index in [9.17, 15) is 19.5 Å². The molecule has 2 amide bonds. The van der Waals surface area contributed by atoms with Crippen LogP contribution in [-0.4, -0.2) is 76.3 Å². The zero-order valence-electron chi connectivity index (χ0n) is 25.9. The Morgan fingerprint density at radius 3 is 2.35 bits per heavy atom. The van der Waals surface area contributed by atoms with Gasteiger partial charge in [0.15, 0.2) is 0 Å². The number of carbonyl (C=O) groups excluding carboxylic acids is 2. The van der Waals surface area contributed by atoms with Crippen molar-refractivity contribution in [2.45, 2.75) is 89.9 Å². The number of amides is 2. The number of likely N-dealkylation sites (N-methyl/N-ethyl adjacent to an activating group) is 1. The average molecular weight is 610 g/mol. The van der Waals surface area contributed by atoms with E-state index in [1.807, 2.05) is 49.6 Å². The average Bonchev–Trinajstić information content (AvgIpc) is 3.51. The number of likely N-dealkylation sites (tertiary alicyclic amines) is 1. The molecule has 5 rings (SSSR count). The van der Waals surface area contributed by atoms with Crippen LogP contribution in [0.2, 0.25) is 0 Å². The molecule has 1 saturated heterocycles. The number of carbonyl (C=O) groups is 3. The maximum Gasteiger partial charge on any atom is 0.410 e. The Labute approximate surface area is 257 Å². The lowest BCUT2D eigenvalue weighted by Gasteiger charge is -2.34. The molecular formula is C33H43N3O6S. The lowest BCUT2D eigenvalue weighted by atomic mass is 9.83. The summed E-state index contributed by atoms with van der Waals surface area (Å²) < 4.78 is 14.9. The van der Waals surface area contributed by atoms with E-state index in [1.54, 1.807) is 30.0 Å². The number of ether oxygens (including phenoxy) is 2. The van der Waals surface area contributed by atoms with E-state index in [1.165, 1.54) is 17.8 Å². The molecule has 1 saturated carbocycles. The molecule has 2 aliphatic rings. The van der Waals surface area contributed by atoms with Crippen LogP contribution in [0.1, 0.15) is 86.9 Å². The van der Waals surface area contributed by atoms with Gasteiger partial charge in [0.05, 0.1) is 22.5 Å². The molecule has 3 aromatic rings. The van der Waals surface area contributed by atoms with Gasteiger partial charge in [0.2, 0.25) is 5.91 Å². The van der Waals surface area contributed by atoms with E-state index in [2.05, 4.69) is 0 Å².